The molecule has 4 aromatic rings. The first-order chi connectivity index (χ1) is 12.1. The monoisotopic (exact) mass is 391 g/mol. The first kappa shape index (κ1) is 16.3. The topological polar surface area (TPSA) is 61.0 Å². The van der Waals surface area contributed by atoms with Crippen LogP contribution in [0.1, 0.15) is 11.6 Å². The van der Waals surface area contributed by atoms with Gasteiger partial charge in [0.05, 0.1) is 14.9 Å². The van der Waals surface area contributed by atoms with Crippen LogP contribution < -0.4 is 4.74 Å². The molecular formula is C17H11Cl2N3O2S. The molecule has 0 unspecified atom stereocenters. The van der Waals surface area contributed by atoms with Crippen LogP contribution in [0.25, 0.3) is 21.7 Å². The Morgan fingerprint density at radius 2 is 2.04 bits per heavy atom. The van der Waals surface area contributed by atoms with Crippen LogP contribution in [-0.4, -0.2) is 15.2 Å². The fourth-order valence-electron chi connectivity index (χ4n) is 2.37. The number of rotatable bonds is 4. The van der Waals surface area contributed by atoms with Crippen LogP contribution in [0.5, 0.6) is 5.75 Å². The first-order valence-electron chi connectivity index (χ1n) is 7.36. The molecule has 0 N–H and O–H groups in total. The number of hydrogen-bond acceptors (Lipinski definition) is 6. The zero-order chi connectivity index (χ0) is 17.4. The lowest BCUT2D eigenvalue weighted by Gasteiger charge is -2.11. The molecule has 0 radical (unpaired) electrons. The highest BCUT2D eigenvalue weighted by molar-refractivity contribution is 7.13. The minimum absolute atomic E-state index is 0.0877. The molecular weight excluding hydrogens is 381 g/mol. The van der Waals surface area contributed by atoms with E-state index in [1.165, 1.54) is 11.3 Å². The Labute approximate surface area is 157 Å². The van der Waals surface area contributed by atoms with Gasteiger partial charge >= 0.3 is 0 Å². The standard InChI is InChI=1S/C17H11Cl2N3O2S/c1-9-4-5-10-11(18)7-12(19)16(15(10)20-9)23-8-14-21-22-17(24-14)13-3-2-6-25-13/h2-7H,8H2,1H3. The molecule has 126 valence electrons. The molecule has 0 fully saturated rings. The Bertz CT molecular complexity index is 1050. The molecule has 0 saturated heterocycles. The normalized spacial score (nSPS) is 11.2. The van der Waals surface area contributed by atoms with Crippen molar-refractivity contribution >= 4 is 45.4 Å². The number of benzene rings is 1. The minimum Gasteiger partial charge on any atom is -0.480 e. The van der Waals surface area contributed by atoms with Gasteiger partial charge in [-0.05, 0) is 36.6 Å². The van der Waals surface area contributed by atoms with E-state index in [1.54, 1.807) is 6.07 Å². The second-order valence-corrected chi connectivity index (χ2v) is 7.05. The first-order valence-corrected chi connectivity index (χ1v) is 9.00. The van der Waals surface area contributed by atoms with Gasteiger partial charge in [0.1, 0.15) is 5.52 Å². The quantitative estimate of drug-likeness (QED) is 0.456. The van der Waals surface area contributed by atoms with E-state index in [0.717, 1.165) is 16.0 Å². The summed E-state index contributed by atoms with van der Waals surface area (Å²) < 4.78 is 11.5. The van der Waals surface area contributed by atoms with E-state index in [0.29, 0.717) is 33.1 Å². The van der Waals surface area contributed by atoms with Crippen molar-refractivity contribution in [3.63, 3.8) is 0 Å². The minimum atomic E-state index is 0.0877. The summed E-state index contributed by atoms with van der Waals surface area (Å²) in [5.41, 5.74) is 1.45. The number of fused-ring (bicyclic) bond motifs is 1. The third kappa shape index (κ3) is 3.20. The number of pyridine rings is 1. The molecule has 4 rings (SSSR count). The molecule has 0 spiro atoms. The molecule has 5 nitrogen and oxygen atoms in total. The van der Waals surface area contributed by atoms with Gasteiger partial charge in [-0.15, -0.1) is 21.5 Å². The predicted molar refractivity (Wildman–Crippen MR) is 98.4 cm³/mol. The molecule has 25 heavy (non-hydrogen) atoms. The SMILES string of the molecule is Cc1ccc2c(Cl)cc(Cl)c(OCc3nnc(-c4cccs4)o3)c2n1. The summed E-state index contributed by atoms with van der Waals surface area (Å²) in [6.45, 7) is 1.98. The van der Waals surface area contributed by atoms with Gasteiger partial charge in [-0.3, -0.25) is 0 Å². The largest absolute Gasteiger partial charge is 0.480 e. The molecule has 1 aromatic carbocycles. The number of halogens is 2. The summed E-state index contributed by atoms with van der Waals surface area (Å²) in [7, 11) is 0. The Kier molecular flexibility index (Phi) is 4.33. The number of nitrogens with zero attached hydrogens (tertiary/aromatic N) is 3. The molecule has 0 aliphatic rings. The highest BCUT2D eigenvalue weighted by Gasteiger charge is 2.15. The van der Waals surface area contributed by atoms with Crippen molar-refractivity contribution in [3.05, 3.63) is 57.3 Å². The highest BCUT2D eigenvalue weighted by atomic mass is 35.5. The van der Waals surface area contributed by atoms with Gasteiger partial charge in [0.2, 0.25) is 0 Å². The fourth-order valence-corrected chi connectivity index (χ4v) is 3.59. The van der Waals surface area contributed by atoms with Gasteiger partial charge in [0, 0.05) is 11.1 Å². The molecule has 3 heterocycles. The van der Waals surface area contributed by atoms with E-state index in [1.807, 2.05) is 36.6 Å². The number of ether oxygens (including phenoxy) is 1. The van der Waals surface area contributed by atoms with Gasteiger partial charge in [0.15, 0.2) is 12.4 Å². The van der Waals surface area contributed by atoms with Crippen molar-refractivity contribution in [2.24, 2.45) is 0 Å². The maximum atomic E-state index is 6.30. The lowest BCUT2D eigenvalue weighted by molar-refractivity contribution is 0.267. The second-order valence-electron chi connectivity index (χ2n) is 5.29. The summed E-state index contributed by atoms with van der Waals surface area (Å²) >= 11 is 14.1. The number of aryl methyl sites for hydroxylation is 1. The Hall–Kier alpha value is -2.15. The summed E-state index contributed by atoms with van der Waals surface area (Å²) in [6.07, 6.45) is 0. The summed E-state index contributed by atoms with van der Waals surface area (Å²) in [5, 5.41) is 11.7. The van der Waals surface area contributed by atoms with Crippen molar-refractivity contribution in [2.75, 3.05) is 0 Å². The molecule has 0 amide bonds. The van der Waals surface area contributed by atoms with Crippen LogP contribution in [0.4, 0.5) is 0 Å². The van der Waals surface area contributed by atoms with Crippen LogP contribution in [0.3, 0.4) is 0 Å². The smallest absolute Gasteiger partial charge is 0.257 e. The van der Waals surface area contributed by atoms with Gasteiger partial charge in [-0.1, -0.05) is 29.3 Å². The number of hydrogen-bond donors (Lipinski definition) is 0. The van der Waals surface area contributed by atoms with Crippen LogP contribution in [0.15, 0.2) is 40.1 Å². The number of aromatic nitrogens is 3. The molecule has 0 aliphatic heterocycles. The lowest BCUT2D eigenvalue weighted by atomic mass is 10.2. The lowest BCUT2D eigenvalue weighted by Crippen LogP contribution is -1.99. The highest BCUT2D eigenvalue weighted by Crippen LogP contribution is 2.37. The van der Waals surface area contributed by atoms with E-state index in [9.17, 15) is 0 Å². The van der Waals surface area contributed by atoms with Crippen molar-refractivity contribution < 1.29 is 9.15 Å². The molecule has 3 aromatic heterocycles. The number of thiophene rings is 1. The van der Waals surface area contributed by atoms with Crippen LogP contribution in [0.2, 0.25) is 10.0 Å². The van der Waals surface area contributed by atoms with E-state index < -0.39 is 0 Å². The van der Waals surface area contributed by atoms with Gasteiger partial charge < -0.3 is 9.15 Å². The maximum absolute atomic E-state index is 6.30. The van der Waals surface area contributed by atoms with Crippen molar-refractivity contribution in [3.8, 4) is 16.5 Å². The van der Waals surface area contributed by atoms with E-state index in [-0.39, 0.29) is 6.61 Å². The Morgan fingerprint density at radius 1 is 1.16 bits per heavy atom. The summed E-state index contributed by atoms with van der Waals surface area (Å²) in [5.74, 6) is 1.27. The predicted octanol–water partition coefficient (Wildman–Crippen LogP) is 5.54. The van der Waals surface area contributed by atoms with E-state index in [4.69, 9.17) is 32.4 Å². The zero-order valence-electron chi connectivity index (χ0n) is 13.0. The third-order valence-electron chi connectivity index (χ3n) is 3.52. The van der Waals surface area contributed by atoms with Gasteiger partial charge in [0.25, 0.3) is 11.8 Å². The fraction of sp³-hybridized carbons (Fsp3) is 0.118. The Morgan fingerprint density at radius 3 is 2.84 bits per heavy atom. The summed E-state index contributed by atoms with van der Waals surface area (Å²) in [6, 6.07) is 9.26. The van der Waals surface area contributed by atoms with Crippen molar-refractivity contribution in [1.82, 2.24) is 15.2 Å². The molecule has 0 aliphatic carbocycles. The second kappa shape index (κ2) is 6.63. The van der Waals surface area contributed by atoms with Crippen molar-refractivity contribution in [2.45, 2.75) is 13.5 Å². The van der Waals surface area contributed by atoms with Gasteiger partial charge in [-0.25, -0.2) is 4.98 Å². The third-order valence-corrected chi connectivity index (χ3v) is 4.97. The maximum Gasteiger partial charge on any atom is 0.257 e. The van der Waals surface area contributed by atoms with Gasteiger partial charge in [-0.2, -0.15) is 0 Å². The zero-order valence-corrected chi connectivity index (χ0v) is 15.3. The van der Waals surface area contributed by atoms with Crippen LogP contribution in [-0.2, 0) is 6.61 Å². The van der Waals surface area contributed by atoms with Crippen LogP contribution in [0, 0.1) is 6.92 Å². The average Bonchev–Trinajstić information content (AvgIpc) is 3.25. The van der Waals surface area contributed by atoms with E-state index in [2.05, 4.69) is 15.2 Å². The van der Waals surface area contributed by atoms with Crippen molar-refractivity contribution in [1.29, 1.82) is 0 Å². The van der Waals surface area contributed by atoms with E-state index >= 15 is 0 Å². The molecule has 0 saturated carbocycles. The molecule has 0 bridgehead atoms. The van der Waals surface area contributed by atoms with Crippen LogP contribution >= 0.6 is 34.5 Å². The average molecular weight is 392 g/mol. The molecule has 0 atom stereocenters. The Balaban J connectivity index is 1.64. The molecule has 8 heteroatoms. The summed E-state index contributed by atoms with van der Waals surface area (Å²) in [4.78, 5) is 5.40.